The van der Waals surface area contributed by atoms with Gasteiger partial charge in [0.1, 0.15) is 0 Å². The molecule has 0 saturated carbocycles. The van der Waals surface area contributed by atoms with Crippen molar-refractivity contribution in [2.75, 3.05) is 5.32 Å². The van der Waals surface area contributed by atoms with E-state index >= 15 is 0 Å². The van der Waals surface area contributed by atoms with Gasteiger partial charge in [-0.15, -0.1) is 0 Å². The van der Waals surface area contributed by atoms with Crippen molar-refractivity contribution >= 4 is 28.4 Å². The van der Waals surface area contributed by atoms with Gasteiger partial charge in [-0.25, -0.2) is 4.79 Å². The SMILES string of the molecule is N#Cc1cccc(NC(=O)CCCn2c(=O)oc3cc([N+](=O)[O-])ccc32)c1. The van der Waals surface area contributed by atoms with Crippen molar-refractivity contribution in [2.24, 2.45) is 0 Å². The molecule has 3 rings (SSSR count). The van der Waals surface area contributed by atoms with E-state index in [1.54, 1.807) is 24.3 Å². The Morgan fingerprint density at radius 1 is 1.30 bits per heavy atom. The summed E-state index contributed by atoms with van der Waals surface area (Å²) in [7, 11) is 0. The smallest absolute Gasteiger partial charge is 0.407 e. The fourth-order valence-electron chi connectivity index (χ4n) is 2.67. The zero-order valence-corrected chi connectivity index (χ0v) is 14.0. The van der Waals surface area contributed by atoms with E-state index in [0.29, 0.717) is 23.2 Å². The lowest BCUT2D eigenvalue weighted by atomic mass is 10.2. The number of carbonyl (C=O) groups excluding carboxylic acids is 1. The molecule has 0 bridgehead atoms. The normalized spacial score (nSPS) is 10.5. The van der Waals surface area contributed by atoms with E-state index in [-0.39, 0.29) is 30.1 Å². The first-order valence-electron chi connectivity index (χ1n) is 8.06. The molecular weight excluding hydrogens is 352 g/mol. The van der Waals surface area contributed by atoms with Crippen LogP contribution >= 0.6 is 0 Å². The summed E-state index contributed by atoms with van der Waals surface area (Å²) in [4.78, 5) is 34.2. The lowest BCUT2D eigenvalue weighted by molar-refractivity contribution is -0.384. The van der Waals surface area contributed by atoms with Gasteiger partial charge in [0.25, 0.3) is 5.69 Å². The molecule has 27 heavy (non-hydrogen) atoms. The van der Waals surface area contributed by atoms with Gasteiger partial charge in [-0.1, -0.05) is 6.07 Å². The Labute approximate surface area is 152 Å². The molecule has 0 saturated heterocycles. The minimum absolute atomic E-state index is 0.131. The van der Waals surface area contributed by atoms with E-state index in [1.165, 1.54) is 22.8 Å². The standard InChI is InChI=1S/C18H14N4O5/c19-11-12-3-1-4-13(9-12)20-17(23)5-2-8-21-15-7-6-14(22(25)26)10-16(15)27-18(21)24/h1,3-4,6-7,9-10H,2,5,8H2,(H,20,23). The molecule has 9 heteroatoms. The number of amides is 1. The van der Waals surface area contributed by atoms with E-state index in [1.807, 2.05) is 6.07 Å². The summed E-state index contributed by atoms with van der Waals surface area (Å²) in [5.74, 6) is -0.880. The Balaban J connectivity index is 1.64. The maximum atomic E-state index is 12.0. The Kier molecular flexibility index (Phi) is 4.99. The average Bonchev–Trinajstić information content (AvgIpc) is 2.96. The van der Waals surface area contributed by atoms with Crippen LogP contribution in [-0.4, -0.2) is 15.4 Å². The molecule has 0 unspecified atom stereocenters. The third kappa shape index (κ3) is 4.01. The predicted octanol–water partition coefficient (Wildman–Crippen LogP) is 2.79. The molecule has 0 spiro atoms. The molecule has 1 aromatic heterocycles. The van der Waals surface area contributed by atoms with Gasteiger partial charge in [-0.05, 0) is 30.7 Å². The number of non-ortho nitro benzene ring substituents is 1. The number of benzene rings is 2. The molecule has 9 nitrogen and oxygen atoms in total. The van der Waals surface area contributed by atoms with Crippen LogP contribution in [0.3, 0.4) is 0 Å². The summed E-state index contributed by atoms with van der Waals surface area (Å²) in [5, 5.41) is 22.3. The molecule has 3 aromatic rings. The van der Waals surface area contributed by atoms with Crippen LogP contribution in [0.4, 0.5) is 11.4 Å². The van der Waals surface area contributed by atoms with Crippen molar-refractivity contribution in [2.45, 2.75) is 19.4 Å². The minimum atomic E-state index is -0.632. The van der Waals surface area contributed by atoms with Crippen molar-refractivity contribution in [1.82, 2.24) is 4.57 Å². The Morgan fingerprint density at radius 3 is 2.85 bits per heavy atom. The van der Waals surface area contributed by atoms with Crippen molar-refractivity contribution in [3.63, 3.8) is 0 Å². The number of aryl methyl sites for hydroxylation is 1. The van der Waals surface area contributed by atoms with Gasteiger partial charge < -0.3 is 9.73 Å². The van der Waals surface area contributed by atoms with E-state index in [4.69, 9.17) is 9.68 Å². The number of aromatic nitrogens is 1. The lowest BCUT2D eigenvalue weighted by Gasteiger charge is -2.06. The van der Waals surface area contributed by atoms with Gasteiger partial charge in [0.15, 0.2) is 5.58 Å². The number of carbonyl (C=O) groups is 1. The van der Waals surface area contributed by atoms with Gasteiger partial charge in [-0.2, -0.15) is 5.26 Å². The van der Waals surface area contributed by atoms with Crippen LogP contribution in [-0.2, 0) is 11.3 Å². The number of oxazole rings is 1. The van der Waals surface area contributed by atoms with Crippen molar-refractivity contribution in [3.8, 4) is 6.07 Å². The number of hydrogen-bond acceptors (Lipinski definition) is 6. The maximum absolute atomic E-state index is 12.0. The molecule has 0 fully saturated rings. The van der Waals surface area contributed by atoms with Crippen LogP contribution in [0.25, 0.3) is 11.1 Å². The molecule has 136 valence electrons. The third-order valence-electron chi connectivity index (χ3n) is 3.92. The highest BCUT2D eigenvalue weighted by atomic mass is 16.6. The van der Waals surface area contributed by atoms with Crippen molar-refractivity contribution in [3.05, 3.63) is 68.7 Å². The molecule has 1 heterocycles. The molecule has 2 aromatic carbocycles. The highest BCUT2D eigenvalue weighted by molar-refractivity contribution is 5.90. The van der Waals surface area contributed by atoms with Crippen LogP contribution in [0.1, 0.15) is 18.4 Å². The highest BCUT2D eigenvalue weighted by Gasteiger charge is 2.14. The van der Waals surface area contributed by atoms with Crippen LogP contribution < -0.4 is 11.1 Å². The zero-order chi connectivity index (χ0) is 19.4. The highest BCUT2D eigenvalue weighted by Crippen LogP contribution is 2.20. The largest absolute Gasteiger partial charge is 0.419 e. The number of nitro groups is 1. The molecule has 0 radical (unpaired) electrons. The Hall–Kier alpha value is -3.93. The lowest BCUT2D eigenvalue weighted by Crippen LogP contribution is -2.17. The van der Waals surface area contributed by atoms with Gasteiger partial charge in [0.2, 0.25) is 5.91 Å². The van der Waals surface area contributed by atoms with Gasteiger partial charge in [0.05, 0.1) is 28.1 Å². The minimum Gasteiger partial charge on any atom is -0.407 e. The number of anilines is 1. The number of fused-ring (bicyclic) bond motifs is 1. The molecule has 1 N–H and O–H groups in total. The number of nitriles is 1. The van der Waals surface area contributed by atoms with Crippen LogP contribution in [0.15, 0.2) is 51.7 Å². The first-order chi connectivity index (χ1) is 13.0. The molecule has 0 aliphatic heterocycles. The zero-order valence-electron chi connectivity index (χ0n) is 14.0. The fourth-order valence-corrected chi connectivity index (χ4v) is 2.67. The summed E-state index contributed by atoms with van der Waals surface area (Å²) in [6.07, 6.45) is 0.526. The fraction of sp³-hybridized carbons (Fsp3) is 0.167. The number of rotatable bonds is 6. The van der Waals surface area contributed by atoms with E-state index in [9.17, 15) is 19.7 Å². The van der Waals surface area contributed by atoms with Crippen molar-refractivity contribution < 1.29 is 14.1 Å². The second kappa shape index (κ2) is 7.53. The van der Waals surface area contributed by atoms with E-state index in [0.717, 1.165) is 0 Å². The van der Waals surface area contributed by atoms with Gasteiger partial charge in [-0.3, -0.25) is 19.5 Å². The summed E-state index contributed by atoms with van der Waals surface area (Å²) >= 11 is 0. The van der Waals surface area contributed by atoms with Crippen LogP contribution in [0, 0.1) is 21.4 Å². The quantitative estimate of drug-likeness (QED) is 0.527. The molecule has 1 amide bonds. The van der Waals surface area contributed by atoms with E-state index < -0.39 is 10.7 Å². The van der Waals surface area contributed by atoms with Crippen molar-refractivity contribution in [1.29, 1.82) is 5.26 Å². The van der Waals surface area contributed by atoms with Crippen LogP contribution in [0.5, 0.6) is 0 Å². The molecular formula is C18H14N4O5. The number of nitrogens with one attached hydrogen (secondary N) is 1. The first kappa shape index (κ1) is 17.9. The summed E-state index contributed by atoms with van der Waals surface area (Å²) < 4.78 is 6.38. The number of nitro benzene ring substituents is 1. The molecule has 0 aliphatic rings. The second-order valence-electron chi connectivity index (χ2n) is 5.77. The maximum Gasteiger partial charge on any atom is 0.419 e. The summed E-state index contributed by atoms with van der Waals surface area (Å²) in [6, 6.07) is 12.5. The van der Waals surface area contributed by atoms with Gasteiger partial charge in [0, 0.05) is 24.7 Å². The third-order valence-corrected chi connectivity index (χ3v) is 3.92. The van der Waals surface area contributed by atoms with Crippen LogP contribution in [0.2, 0.25) is 0 Å². The van der Waals surface area contributed by atoms with E-state index in [2.05, 4.69) is 5.32 Å². The molecule has 0 atom stereocenters. The van der Waals surface area contributed by atoms with Gasteiger partial charge >= 0.3 is 5.76 Å². The topological polar surface area (TPSA) is 131 Å². The molecule has 0 aliphatic carbocycles. The number of hydrogen-bond donors (Lipinski definition) is 1. The first-order valence-corrected chi connectivity index (χ1v) is 8.06. The Morgan fingerprint density at radius 2 is 2.11 bits per heavy atom. The second-order valence-corrected chi connectivity index (χ2v) is 5.77. The summed E-state index contributed by atoms with van der Waals surface area (Å²) in [6.45, 7) is 0.231. The average molecular weight is 366 g/mol. The Bertz CT molecular complexity index is 1120. The monoisotopic (exact) mass is 366 g/mol. The number of nitrogens with zero attached hydrogens (tertiary/aromatic N) is 3. The predicted molar refractivity (Wildman–Crippen MR) is 96.1 cm³/mol. The summed E-state index contributed by atoms with van der Waals surface area (Å²) in [5.41, 5.74) is 1.37.